The fourth-order valence-electron chi connectivity index (χ4n) is 1.38. The summed E-state index contributed by atoms with van der Waals surface area (Å²) in [6.45, 7) is 4.93. The summed E-state index contributed by atoms with van der Waals surface area (Å²) >= 11 is 0. The minimum absolute atomic E-state index is 0.518. The second-order valence-electron chi connectivity index (χ2n) is 3.81. The summed E-state index contributed by atoms with van der Waals surface area (Å²) in [5.41, 5.74) is 6.75. The first kappa shape index (κ1) is 11.0. The predicted octanol–water partition coefficient (Wildman–Crippen LogP) is 1.64. The maximum Gasteiger partial charge on any atom is 0.170 e. The minimum atomic E-state index is 0.518. The van der Waals surface area contributed by atoms with Gasteiger partial charge in [0, 0.05) is 19.1 Å². The highest BCUT2D eigenvalue weighted by Crippen LogP contribution is 2.20. The molecule has 0 amide bonds. The van der Waals surface area contributed by atoms with Crippen molar-refractivity contribution in [1.82, 2.24) is 5.16 Å². The lowest BCUT2D eigenvalue weighted by Gasteiger charge is -2.04. The molecule has 0 aliphatic carbocycles. The molecule has 4 heteroatoms. The number of nitrogens with two attached hydrogens (primary N) is 1. The number of methoxy groups -OCH3 is 1. The van der Waals surface area contributed by atoms with E-state index in [0.717, 1.165) is 24.2 Å². The number of hydrogen-bond acceptors (Lipinski definition) is 4. The molecule has 1 aromatic heterocycles. The van der Waals surface area contributed by atoms with Crippen molar-refractivity contribution in [2.24, 2.45) is 5.92 Å². The third-order valence-corrected chi connectivity index (χ3v) is 2.05. The van der Waals surface area contributed by atoms with E-state index < -0.39 is 0 Å². The quantitative estimate of drug-likeness (QED) is 0.781. The molecule has 80 valence electrons. The Kier molecular flexibility index (Phi) is 3.95. The minimum Gasteiger partial charge on any atom is -0.384 e. The van der Waals surface area contributed by atoms with Crippen LogP contribution in [-0.2, 0) is 17.6 Å². The molecule has 4 nitrogen and oxygen atoms in total. The van der Waals surface area contributed by atoms with Gasteiger partial charge < -0.3 is 15.0 Å². The van der Waals surface area contributed by atoms with Crippen molar-refractivity contribution in [1.29, 1.82) is 0 Å². The highest BCUT2D eigenvalue weighted by molar-refractivity contribution is 5.40. The van der Waals surface area contributed by atoms with E-state index >= 15 is 0 Å². The first-order valence-corrected chi connectivity index (χ1v) is 4.87. The van der Waals surface area contributed by atoms with Crippen LogP contribution in [0, 0.1) is 5.92 Å². The molecule has 14 heavy (non-hydrogen) atoms. The van der Waals surface area contributed by atoms with Gasteiger partial charge in [-0.2, -0.15) is 0 Å². The van der Waals surface area contributed by atoms with Crippen LogP contribution in [0.15, 0.2) is 4.52 Å². The third-order valence-electron chi connectivity index (χ3n) is 2.05. The zero-order chi connectivity index (χ0) is 10.6. The van der Waals surface area contributed by atoms with Gasteiger partial charge in [-0.3, -0.25) is 0 Å². The lowest BCUT2D eigenvalue weighted by molar-refractivity contribution is 0.193. The number of rotatable bonds is 5. The molecule has 0 radical (unpaired) electrons. The monoisotopic (exact) mass is 198 g/mol. The van der Waals surface area contributed by atoms with Crippen LogP contribution in [0.4, 0.5) is 5.82 Å². The molecule has 0 aliphatic rings. The molecule has 0 fully saturated rings. The Morgan fingerprint density at radius 1 is 1.50 bits per heavy atom. The highest BCUT2D eigenvalue weighted by atomic mass is 16.5. The highest BCUT2D eigenvalue weighted by Gasteiger charge is 2.14. The topological polar surface area (TPSA) is 61.3 Å². The number of ether oxygens (including phenoxy) is 1. The third kappa shape index (κ3) is 2.73. The molecule has 0 saturated heterocycles. The van der Waals surface area contributed by atoms with Crippen molar-refractivity contribution < 1.29 is 9.26 Å². The fraction of sp³-hybridized carbons (Fsp3) is 0.700. The fourth-order valence-corrected chi connectivity index (χ4v) is 1.38. The van der Waals surface area contributed by atoms with Gasteiger partial charge in [0.2, 0.25) is 0 Å². The lowest BCUT2D eigenvalue weighted by atomic mass is 10.0. The Balaban J connectivity index is 2.72. The van der Waals surface area contributed by atoms with Crippen LogP contribution >= 0.6 is 0 Å². The van der Waals surface area contributed by atoms with Gasteiger partial charge in [0.15, 0.2) is 5.82 Å². The molecule has 2 N–H and O–H groups in total. The van der Waals surface area contributed by atoms with Gasteiger partial charge in [0.05, 0.1) is 6.61 Å². The van der Waals surface area contributed by atoms with E-state index in [4.69, 9.17) is 15.0 Å². The van der Waals surface area contributed by atoms with Crippen molar-refractivity contribution >= 4 is 5.82 Å². The first-order valence-electron chi connectivity index (χ1n) is 4.87. The Labute approximate surface area is 84.4 Å². The van der Waals surface area contributed by atoms with E-state index in [2.05, 4.69) is 19.0 Å². The molecule has 0 atom stereocenters. The molecule has 0 aromatic carbocycles. The lowest BCUT2D eigenvalue weighted by Crippen LogP contribution is -2.02. The van der Waals surface area contributed by atoms with E-state index in [1.54, 1.807) is 7.11 Å². The molecular weight excluding hydrogens is 180 g/mol. The zero-order valence-electron chi connectivity index (χ0n) is 9.04. The molecule has 0 aliphatic heterocycles. The second-order valence-corrected chi connectivity index (χ2v) is 3.81. The molecule has 1 rings (SSSR count). The van der Waals surface area contributed by atoms with Crippen LogP contribution in [0.2, 0.25) is 0 Å². The number of nitrogens with zero attached hydrogens (tertiary/aromatic N) is 1. The van der Waals surface area contributed by atoms with Crippen molar-refractivity contribution in [3.05, 3.63) is 11.3 Å². The summed E-state index contributed by atoms with van der Waals surface area (Å²) in [6, 6.07) is 0. The summed E-state index contributed by atoms with van der Waals surface area (Å²) in [5, 5.41) is 3.77. The predicted molar refractivity (Wildman–Crippen MR) is 55.0 cm³/mol. The molecule has 0 spiro atoms. The Morgan fingerprint density at radius 3 is 2.79 bits per heavy atom. The molecule has 0 saturated carbocycles. The summed E-state index contributed by atoms with van der Waals surface area (Å²) in [4.78, 5) is 0. The van der Waals surface area contributed by atoms with Gasteiger partial charge in [-0.1, -0.05) is 19.0 Å². The van der Waals surface area contributed by atoms with E-state index in [9.17, 15) is 0 Å². The molecule has 0 unspecified atom stereocenters. The number of anilines is 1. The number of hydrogen-bond donors (Lipinski definition) is 1. The van der Waals surface area contributed by atoms with Crippen LogP contribution in [0.5, 0.6) is 0 Å². The average Bonchev–Trinajstić information content (AvgIpc) is 2.45. The SMILES string of the molecule is COCCc1onc(N)c1CC(C)C. The summed E-state index contributed by atoms with van der Waals surface area (Å²) in [5.74, 6) is 1.93. The smallest absolute Gasteiger partial charge is 0.170 e. The number of aromatic nitrogens is 1. The van der Waals surface area contributed by atoms with Crippen molar-refractivity contribution in [2.75, 3.05) is 19.5 Å². The molecule has 1 heterocycles. The first-order chi connectivity index (χ1) is 6.65. The van der Waals surface area contributed by atoms with Crippen molar-refractivity contribution in [2.45, 2.75) is 26.7 Å². The van der Waals surface area contributed by atoms with Crippen LogP contribution in [0.25, 0.3) is 0 Å². The van der Waals surface area contributed by atoms with E-state index in [1.807, 2.05) is 0 Å². The van der Waals surface area contributed by atoms with Gasteiger partial charge in [-0.05, 0) is 12.3 Å². The van der Waals surface area contributed by atoms with Crippen molar-refractivity contribution in [3.63, 3.8) is 0 Å². The largest absolute Gasteiger partial charge is 0.384 e. The standard InChI is InChI=1S/C10H18N2O2/c1-7(2)6-8-9(4-5-13-3)14-12-10(8)11/h7H,4-6H2,1-3H3,(H2,11,12). The summed E-state index contributed by atoms with van der Waals surface area (Å²) < 4.78 is 10.1. The van der Waals surface area contributed by atoms with Gasteiger partial charge in [0.25, 0.3) is 0 Å². The average molecular weight is 198 g/mol. The summed E-state index contributed by atoms with van der Waals surface area (Å²) in [7, 11) is 1.67. The Bertz CT molecular complexity index is 282. The van der Waals surface area contributed by atoms with Gasteiger partial charge in [-0.15, -0.1) is 0 Å². The molecule has 0 bridgehead atoms. The second kappa shape index (κ2) is 5.00. The van der Waals surface area contributed by atoms with E-state index in [0.29, 0.717) is 18.3 Å². The van der Waals surface area contributed by atoms with E-state index in [-0.39, 0.29) is 0 Å². The van der Waals surface area contributed by atoms with Gasteiger partial charge in [0.1, 0.15) is 5.76 Å². The molecular formula is C10H18N2O2. The normalized spacial score (nSPS) is 11.1. The Morgan fingerprint density at radius 2 is 2.21 bits per heavy atom. The maximum absolute atomic E-state index is 5.72. The van der Waals surface area contributed by atoms with Crippen LogP contribution in [-0.4, -0.2) is 18.9 Å². The number of nitrogen functional groups attached to an aromatic ring is 1. The summed E-state index contributed by atoms with van der Waals surface area (Å²) in [6.07, 6.45) is 1.65. The van der Waals surface area contributed by atoms with Gasteiger partial charge >= 0.3 is 0 Å². The van der Waals surface area contributed by atoms with Gasteiger partial charge in [-0.25, -0.2) is 0 Å². The Hall–Kier alpha value is -1.03. The van der Waals surface area contributed by atoms with E-state index in [1.165, 1.54) is 0 Å². The van der Waals surface area contributed by atoms with Crippen LogP contribution < -0.4 is 5.73 Å². The van der Waals surface area contributed by atoms with Crippen molar-refractivity contribution in [3.8, 4) is 0 Å². The maximum atomic E-state index is 5.72. The van der Waals surface area contributed by atoms with Crippen LogP contribution in [0.1, 0.15) is 25.2 Å². The molecule has 1 aromatic rings. The zero-order valence-corrected chi connectivity index (χ0v) is 9.04. The van der Waals surface area contributed by atoms with Crippen LogP contribution in [0.3, 0.4) is 0 Å².